The van der Waals surface area contributed by atoms with Crippen molar-refractivity contribution in [1.29, 1.82) is 0 Å². The molecule has 1 heterocycles. The van der Waals surface area contributed by atoms with Gasteiger partial charge in [-0.2, -0.15) is 0 Å². The van der Waals surface area contributed by atoms with Gasteiger partial charge in [0.05, 0.1) is 4.90 Å². The molecule has 0 aromatic heterocycles. The van der Waals surface area contributed by atoms with Gasteiger partial charge in [0, 0.05) is 13.6 Å². The molecule has 2 rings (SSSR count). The molecule has 1 aromatic carbocycles. The lowest BCUT2D eigenvalue weighted by Gasteiger charge is -2.27. The molecule has 0 saturated carbocycles. The van der Waals surface area contributed by atoms with Gasteiger partial charge in [-0.1, -0.05) is 18.2 Å². The third-order valence-corrected chi connectivity index (χ3v) is 5.20. The first kappa shape index (κ1) is 13.5. The minimum atomic E-state index is -3.33. The molecule has 0 radical (unpaired) electrons. The first-order valence-electron chi connectivity index (χ1n) is 6.33. The third kappa shape index (κ3) is 3.10. The van der Waals surface area contributed by atoms with Crippen LogP contribution in [0.2, 0.25) is 0 Å². The molecule has 1 unspecified atom stereocenters. The molecule has 0 aliphatic carbocycles. The van der Waals surface area contributed by atoms with Crippen molar-refractivity contribution < 1.29 is 8.42 Å². The summed E-state index contributed by atoms with van der Waals surface area (Å²) in [4.78, 5) is 0.372. The van der Waals surface area contributed by atoms with Crippen LogP contribution in [-0.4, -0.2) is 39.4 Å². The molecule has 1 aliphatic rings. The van der Waals surface area contributed by atoms with Gasteiger partial charge in [-0.05, 0) is 44.0 Å². The monoisotopic (exact) mass is 268 g/mol. The van der Waals surface area contributed by atoms with Crippen LogP contribution in [-0.2, 0) is 10.0 Å². The van der Waals surface area contributed by atoms with Crippen molar-refractivity contribution >= 4 is 10.0 Å². The average molecular weight is 268 g/mol. The molecule has 0 bridgehead atoms. The molecule has 0 amide bonds. The number of nitrogens with one attached hydrogen (secondary N) is 1. The van der Waals surface area contributed by atoms with Gasteiger partial charge < -0.3 is 5.32 Å². The predicted octanol–water partition coefficient (Wildman–Crippen LogP) is 1.31. The molecule has 4 nitrogen and oxygen atoms in total. The Morgan fingerprint density at radius 3 is 2.67 bits per heavy atom. The van der Waals surface area contributed by atoms with E-state index in [1.807, 2.05) is 6.07 Å². The highest BCUT2D eigenvalue weighted by Gasteiger charge is 2.24. The van der Waals surface area contributed by atoms with Crippen molar-refractivity contribution in [3.63, 3.8) is 0 Å². The zero-order chi connectivity index (χ0) is 13.0. The van der Waals surface area contributed by atoms with E-state index in [0.29, 0.717) is 17.4 Å². The summed E-state index contributed by atoms with van der Waals surface area (Å²) in [5.74, 6) is 0.419. The van der Waals surface area contributed by atoms with E-state index in [9.17, 15) is 8.42 Å². The summed E-state index contributed by atoms with van der Waals surface area (Å²) in [6, 6.07) is 8.62. The maximum absolute atomic E-state index is 12.3. The summed E-state index contributed by atoms with van der Waals surface area (Å²) in [6.07, 6.45) is 2.23. The van der Waals surface area contributed by atoms with Crippen LogP contribution in [0.1, 0.15) is 12.8 Å². The molecular formula is C13H20N2O2S. The number of hydrogen-bond acceptors (Lipinski definition) is 3. The Labute approximate surface area is 109 Å². The third-order valence-electron chi connectivity index (χ3n) is 3.37. The normalized spacial score (nSPS) is 21.1. The number of sulfonamides is 1. The Balaban J connectivity index is 2.05. The fourth-order valence-electron chi connectivity index (χ4n) is 2.31. The van der Waals surface area contributed by atoms with Gasteiger partial charge in [0.2, 0.25) is 10.0 Å². The van der Waals surface area contributed by atoms with Gasteiger partial charge in [-0.15, -0.1) is 0 Å². The van der Waals surface area contributed by atoms with Gasteiger partial charge >= 0.3 is 0 Å². The Hall–Kier alpha value is -0.910. The fraction of sp³-hybridized carbons (Fsp3) is 0.538. The summed E-state index contributed by atoms with van der Waals surface area (Å²) in [7, 11) is -1.67. The molecule has 18 heavy (non-hydrogen) atoms. The van der Waals surface area contributed by atoms with Crippen LogP contribution in [0, 0.1) is 5.92 Å². The summed E-state index contributed by atoms with van der Waals surface area (Å²) in [5.41, 5.74) is 0. The van der Waals surface area contributed by atoms with Gasteiger partial charge in [0.15, 0.2) is 0 Å². The fourth-order valence-corrected chi connectivity index (χ4v) is 3.58. The van der Waals surface area contributed by atoms with Crippen LogP contribution < -0.4 is 5.32 Å². The van der Waals surface area contributed by atoms with E-state index in [4.69, 9.17) is 0 Å². The molecule has 1 atom stereocenters. The number of piperidine rings is 1. The summed E-state index contributed by atoms with van der Waals surface area (Å²) >= 11 is 0. The number of rotatable bonds is 4. The molecule has 1 saturated heterocycles. The van der Waals surface area contributed by atoms with Crippen LogP contribution in [0.25, 0.3) is 0 Å². The Kier molecular flexibility index (Phi) is 4.37. The zero-order valence-electron chi connectivity index (χ0n) is 10.7. The molecular weight excluding hydrogens is 248 g/mol. The van der Waals surface area contributed by atoms with E-state index in [1.165, 1.54) is 4.31 Å². The first-order valence-corrected chi connectivity index (χ1v) is 7.77. The maximum atomic E-state index is 12.3. The quantitative estimate of drug-likeness (QED) is 0.895. The van der Waals surface area contributed by atoms with Crippen molar-refractivity contribution in [3.05, 3.63) is 30.3 Å². The van der Waals surface area contributed by atoms with Crippen molar-refractivity contribution in [2.45, 2.75) is 17.7 Å². The number of hydrogen-bond donors (Lipinski definition) is 1. The molecule has 1 aliphatic heterocycles. The summed E-state index contributed by atoms with van der Waals surface area (Å²) in [5, 5.41) is 3.31. The average Bonchev–Trinajstić information content (AvgIpc) is 2.41. The molecule has 1 N–H and O–H groups in total. The zero-order valence-corrected chi connectivity index (χ0v) is 11.5. The lowest BCUT2D eigenvalue weighted by atomic mass is 10.00. The predicted molar refractivity (Wildman–Crippen MR) is 71.9 cm³/mol. The van der Waals surface area contributed by atoms with Gasteiger partial charge in [0.1, 0.15) is 0 Å². The van der Waals surface area contributed by atoms with E-state index in [1.54, 1.807) is 31.3 Å². The van der Waals surface area contributed by atoms with E-state index < -0.39 is 10.0 Å². The molecule has 5 heteroatoms. The Morgan fingerprint density at radius 1 is 1.33 bits per heavy atom. The number of benzene rings is 1. The Bertz CT molecular complexity index is 467. The lowest BCUT2D eigenvalue weighted by Crippen LogP contribution is -2.39. The lowest BCUT2D eigenvalue weighted by molar-refractivity contribution is 0.315. The summed E-state index contributed by atoms with van der Waals surface area (Å²) < 4.78 is 26.1. The highest BCUT2D eigenvalue weighted by Crippen LogP contribution is 2.17. The van der Waals surface area contributed by atoms with Crippen molar-refractivity contribution in [2.24, 2.45) is 5.92 Å². The van der Waals surface area contributed by atoms with Crippen molar-refractivity contribution in [3.8, 4) is 0 Å². The smallest absolute Gasteiger partial charge is 0.242 e. The molecule has 1 aromatic rings. The topological polar surface area (TPSA) is 49.4 Å². The second-order valence-corrected chi connectivity index (χ2v) is 6.86. The Morgan fingerprint density at radius 2 is 2.06 bits per heavy atom. The van der Waals surface area contributed by atoms with Crippen molar-refractivity contribution in [1.82, 2.24) is 9.62 Å². The highest BCUT2D eigenvalue weighted by atomic mass is 32.2. The van der Waals surface area contributed by atoms with Gasteiger partial charge in [-0.3, -0.25) is 0 Å². The maximum Gasteiger partial charge on any atom is 0.242 e. The minimum Gasteiger partial charge on any atom is -0.316 e. The van der Waals surface area contributed by atoms with E-state index in [2.05, 4.69) is 5.32 Å². The van der Waals surface area contributed by atoms with Gasteiger partial charge in [0.25, 0.3) is 0 Å². The number of nitrogens with zero attached hydrogens (tertiary/aromatic N) is 1. The van der Waals surface area contributed by atoms with Crippen LogP contribution in [0.3, 0.4) is 0 Å². The molecule has 100 valence electrons. The van der Waals surface area contributed by atoms with E-state index >= 15 is 0 Å². The minimum absolute atomic E-state index is 0.372. The van der Waals surface area contributed by atoms with Crippen LogP contribution in [0.4, 0.5) is 0 Å². The molecule has 1 fully saturated rings. The first-order chi connectivity index (χ1) is 8.60. The standard InChI is InChI=1S/C13H20N2O2S/c1-15(11-12-6-5-9-14-10-12)18(16,17)13-7-3-2-4-8-13/h2-4,7-8,12,14H,5-6,9-11H2,1H3. The van der Waals surface area contributed by atoms with Crippen LogP contribution >= 0.6 is 0 Å². The second kappa shape index (κ2) is 5.82. The molecule has 0 spiro atoms. The largest absolute Gasteiger partial charge is 0.316 e. The van der Waals surface area contributed by atoms with E-state index in [0.717, 1.165) is 25.9 Å². The second-order valence-electron chi connectivity index (χ2n) is 4.81. The SMILES string of the molecule is CN(CC1CCCNC1)S(=O)(=O)c1ccccc1. The van der Waals surface area contributed by atoms with Crippen LogP contribution in [0.15, 0.2) is 35.2 Å². The van der Waals surface area contributed by atoms with Gasteiger partial charge in [-0.25, -0.2) is 12.7 Å². The van der Waals surface area contributed by atoms with Crippen LogP contribution in [0.5, 0.6) is 0 Å². The van der Waals surface area contributed by atoms with E-state index in [-0.39, 0.29) is 0 Å². The van der Waals surface area contributed by atoms with Crippen molar-refractivity contribution in [2.75, 3.05) is 26.7 Å². The summed E-state index contributed by atoms with van der Waals surface area (Å²) in [6.45, 7) is 2.55. The highest BCUT2D eigenvalue weighted by molar-refractivity contribution is 7.89.